The van der Waals surface area contributed by atoms with Crippen LogP contribution in [0.1, 0.15) is 51.4 Å². The highest BCUT2D eigenvalue weighted by Crippen LogP contribution is 2.16. The van der Waals surface area contributed by atoms with Gasteiger partial charge in [0.1, 0.15) is 5.54 Å². The Morgan fingerprint density at radius 2 is 2.10 bits per heavy atom. The number of aromatic nitrogens is 2. The maximum atomic E-state index is 11.8. The summed E-state index contributed by atoms with van der Waals surface area (Å²) in [5, 5.41) is 7.68. The van der Waals surface area contributed by atoms with E-state index in [0.717, 1.165) is 44.3 Å². The Hall–Kier alpha value is -1.36. The average molecular weight is 295 g/mol. The molecule has 0 fully saturated rings. The third kappa shape index (κ3) is 4.56. The number of ether oxygens (including phenoxy) is 1. The number of rotatable bonds is 9. The molecule has 0 radical (unpaired) electrons. The largest absolute Gasteiger partial charge is 0.468 e. The van der Waals surface area contributed by atoms with Crippen molar-refractivity contribution in [2.75, 3.05) is 14.2 Å². The van der Waals surface area contributed by atoms with E-state index < -0.39 is 5.54 Å². The SMILES string of the molecule is CCc1cc(CC)n(CCCCC(C)(NC)C(=O)OC)n1. The Labute approximate surface area is 128 Å². The van der Waals surface area contributed by atoms with Crippen molar-refractivity contribution >= 4 is 5.97 Å². The van der Waals surface area contributed by atoms with Gasteiger partial charge < -0.3 is 10.1 Å². The third-order valence-electron chi connectivity index (χ3n) is 4.12. The molecular formula is C16H29N3O2. The molecule has 5 nitrogen and oxygen atoms in total. The van der Waals surface area contributed by atoms with Crippen molar-refractivity contribution in [3.05, 3.63) is 17.5 Å². The molecule has 1 atom stereocenters. The minimum atomic E-state index is -0.596. The van der Waals surface area contributed by atoms with E-state index in [0.29, 0.717) is 0 Å². The summed E-state index contributed by atoms with van der Waals surface area (Å²) in [5.41, 5.74) is 1.85. The second-order valence-electron chi connectivity index (χ2n) is 5.59. The van der Waals surface area contributed by atoms with E-state index in [1.54, 1.807) is 7.05 Å². The van der Waals surface area contributed by atoms with Crippen LogP contribution in [0.2, 0.25) is 0 Å². The summed E-state index contributed by atoms with van der Waals surface area (Å²) in [7, 11) is 3.23. The number of hydrogen-bond donors (Lipinski definition) is 1. The number of nitrogens with zero attached hydrogens (tertiary/aromatic N) is 2. The summed E-state index contributed by atoms with van der Waals surface area (Å²) in [5.74, 6) is -0.202. The van der Waals surface area contributed by atoms with Crippen molar-refractivity contribution in [3.8, 4) is 0 Å². The number of unbranched alkanes of at least 4 members (excludes halogenated alkanes) is 1. The van der Waals surface area contributed by atoms with Gasteiger partial charge in [0.2, 0.25) is 0 Å². The van der Waals surface area contributed by atoms with Crippen LogP contribution in [0, 0.1) is 0 Å². The molecule has 0 saturated heterocycles. The molecule has 1 rings (SSSR count). The predicted molar refractivity (Wildman–Crippen MR) is 84.3 cm³/mol. The van der Waals surface area contributed by atoms with E-state index >= 15 is 0 Å². The number of likely N-dealkylation sites (N-methyl/N-ethyl adjacent to an activating group) is 1. The summed E-state index contributed by atoms with van der Waals surface area (Å²) < 4.78 is 6.96. The molecule has 0 aliphatic carbocycles. The van der Waals surface area contributed by atoms with Gasteiger partial charge in [0.15, 0.2) is 0 Å². The van der Waals surface area contributed by atoms with E-state index in [-0.39, 0.29) is 5.97 Å². The topological polar surface area (TPSA) is 56.2 Å². The fourth-order valence-corrected chi connectivity index (χ4v) is 2.46. The molecule has 0 aliphatic rings. The van der Waals surface area contributed by atoms with Gasteiger partial charge in [-0.1, -0.05) is 13.8 Å². The summed E-state index contributed by atoms with van der Waals surface area (Å²) >= 11 is 0. The molecule has 0 aromatic carbocycles. The van der Waals surface area contributed by atoms with Crippen LogP contribution in [0.3, 0.4) is 0 Å². The first-order valence-electron chi connectivity index (χ1n) is 7.83. The second-order valence-corrected chi connectivity index (χ2v) is 5.59. The van der Waals surface area contributed by atoms with Crippen molar-refractivity contribution < 1.29 is 9.53 Å². The van der Waals surface area contributed by atoms with Crippen LogP contribution in [0.25, 0.3) is 0 Å². The molecule has 1 unspecified atom stereocenters. The maximum Gasteiger partial charge on any atom is 0.325 e. The standard InChI is InChI=1S/C16H29N3O2/c1-6-13-12-14(7-2)19(18-13)11-9-8-10-16(3,17-4)15(20)21-5/h12,17H,6-11H2,1-5H3. The lowest BCUT2D eigenvalue weighted by Crippen LogP contribution is -2.48. The molecule has 0 bridgehead atoms. The second kappa shape index (κ2) is 8.17. The predicted octanol–water partition coefficient (Wildman–Crippen LogP) is 2.33. The Kier molecular flexibility index (Phi) is 6.89. The summed E-state index contributed by atoms with van der Waals surface area (Å²) in [6.45, 7) is 7.08. The smallest absolute Gasteiger partial charge is 0.325 e. The van der Waals surface area contributed by atoms with E-state index in [9.17, 15) is 4.79 Å². The zero-order valence-electron chi connectivity index (χ0n) is 14.0. The molecular weight excluding hydrogens is 266 g/mol. The van der Waals surface area contributed by atoms with Gasteiger partial charge in [0.25, 0.3) is 0 Å². The molecule has 0 saturated carbocycles. The maximum absolute atomic E-state index is 11.8. The molecule has 1 aromatic heterocycles. The highest BCUT2D eigenvalue weighted by molar-refractivity contribution is 5.80. The number of methoxy groups -OCH3 is 1. The molecule has 1 aromatic rings. The van der Waals surface area contributed by atoms with Gasteiger partial charge in [-0.2, -0.15) is 5.10 Å². The fourth-order valence-electron chi connectivity index (χ4n) is 2.46. The zero-order chi connectivity index (χ0) is 15.9. The highest BCUT2D eigenvalue weighted by atomic mass is 16.5. The lowest BCUT2D eigenvalue weighted by molar-refractivity contribution is -0.148. The monoisotopic (exact) mass is 295 g/mol. The molecule has 0 spiro atoms. The Balaban J connectivity index is 2.50. The van der Waals surface area contributed by atoms with E-state index in [1.165, 1.54) is 12.8 Å². The van der Waals surface area contributed by atoms with Crippen LogP contribution in [-0.4, -0.2) is 35.4 Å². The minimum absolute atomic E-state index is 0.202. The Morgan fingerprint density at radius 3 is 2.62 bits per heavy atom. The molecule has 120 valence electrons. The number of aryl methyl sites for hydroxylation is 3. The van der Waals surface area contributed by atoms with Crippen molar-refractivity contribution in [1.82, 2.24) is 15.1 Å². The van der Waals surface area contributed by atoms with Gasteiger partial charge in [-0.05, 0) is 52.1 Å². The quantitative estimate of drug-likeness (QED) is 0.561. The molecule has 0 amide bonds. The van der Waals surface area contributed by atoms with Crippen molar-refractivity contribution in [1.29, 1.82) is 0 Å². The van der Waals surface area contributed by atoms with Gasteiger partial charge in [-0.3, -0.25) is 9.48 Å². The normalized spacial score (nSPS) is 14.0. The van der Waals surface area contributed by atoms with Crippen LogP contribution < -0.4 is 5.32 Å². The van der Waals surface area contributed by atoms with Gasteiger partial charge in [0.05, 0.1) is 12.8 Å². The number of carbonyl (C=O) groups excluding carboxylic acids is 1. The van der Waals surface area contributed by atoms with Gasteiger partial charge >= 0.3 is 5.97 Å². The summed E-state index contributed by atoms with van der Waals surface area (Å²) in [6.07, 6.45) is 4.70. The van der Waals surface area contributed by atoms with Crippen LogP contribution >= 0.6 is 0 Å². The van der Waals surface area contributed by atoms with E-state index in [1.807, 2.05) is 6.92 Å². The van der Waals surface area contributed by atoms with Gasteiger partial charge in [-0.15, -0.1) is 0 Å². The van der Waals surface area contributed by atoms with Gasteiger partial charge in [0, 0.05) is 12.2 Å². The molecule has 5 heteroatoms. The first kappa shape index (κ1) is 17.7. The lowest BCUT2D eigenvalue weighted by Gasteiger charge is -2.26. The number of nitrogens with one attached hydrogen (secondary N) is 1. The zero-order valence-corrected chi connectivity index (χ0v) is 14.0. The van der Waals surface area contributed by atoms with Crippen molar-refractivity contribution in [2.45, 2.75) is 65.0 Å². The van der Waals surface area contributed by atoms with Gasteiger partial charge in [-0.25, -0.2) is 0 Å². The third-order valence-corrected chi connectivity index (χ3v) is 4.12. The van der Waals surface area contributed by atoms with Crippen molar-refractivity contribution in [2.24, 2.45) is 0 Å². The molecule has 1 N–H and O–H groups in total. The highest BCUT2D eigenvalue weighted by Gasteiger charge is 2.31. The molecule has 21 heavy (non-hydrogen) atoms. The summed E-state index contributed by atoms with van der Waals surface area (Å²) in [4.78, 5) is 11.8. The number of hydrogen-bond acceptors (Lipinski definition) is 4. The first-order chi connectivity index (χ1) is 10.0. The van der Waals surface area contributed by atoms with Crippen LogP contribution in [0.4, 0.5) is 0 Å². The first-order valence-corrected chi connectivity index (χ1v) is 7.83. The van der Waals surface area contributed by atoms with Crippen molar-refractivity contribution in [3.63, 3.8) is 0 Å². The van der Waals surface area contributed by atoms with E-state index in [4.69, 9.17) is 4.74 Å². The Bertz CT molecular complexity index is 456. The van der Waals surface area contributed by atoms with Crippen LogP contribution in [0.15, 0.2) is 6.07 Å². The molecule has 0 aliphatic heterocycles. The Morgan fingerprint density at radius 1 is 1.38 bits per heavy atom. The van der Waals surface area contributed by atoms with E-state index in [2.05, 4.69) is 35.0 Å². The fraction of sp³-hybridized carbons (Fsp3) is 0.750. The number of esters is 1. The lowest BCUT2D eigenvalue weighted by atomic mass is 9.95. The molecule has 1 heterocycles. The minimum Gasteiger partial charge on any atom is -0.468 e. The van der Waals surface area contributed by atoms with Crippen LogP contribution in [-0.2, 0) is 28.9 Å². The summed E-state index contributed by atoms with van der Waals surface area (Å²) in [6, 6.07) is 2.19. The average Bonchev–Trinajstić information content (AvgIpc) is 2.92. The number of carbonyl (C=O) groups is 1. The van der Waals surface area contributed by atoms with Crippen LogP contribution in [0.5, 0.6) is 0 Å².